The molecule has 4 heteroatoms. The first-order chi connectivity index (χ1) is 8.20. The minimum Gasteiger partial charge on any atom is -0.682 e. The summed E-state index contributed by atoms with van der Waals surface area (Å²) in [5.41, 5.74) is 14.7. The highest BCUT2D eigenvalue weighted by atomic mass is 31.1. The Labute approximate surface area is 102 Å². The Morgan fingerprint density at radius 2 is 1.35 bits per heavy atom. The summed E-state index contributed by atoms with van der Waals surface area (Å²) in [5.74, 6) is 0. The molecule has 88 valence electrons. The fourth-order valence-electron chi connectivity index (χ4n) is 1.85. The molecule has 0 aliphatic heterocycles. The quantitative estimate of drug-likeness (QED) is 0.638. The first kappa shape index (κ1) is 11.9. The molecule has 0 aliphatic carbocycles. The molecule has 3 nitrogen and oxygen atoms in total. The molecule has 1 atom stereocenters. The van der Waals surface area contributed by atoms with Gasteiger partial charge in [0.25, 0.3) is 0 Å². The van der Waals surface area contributed by atoms with E-state index in [1.54, 1.807) is 0 Å². The van der Waals surface area contributed by atoms with Crippen molar-refractivity contribution in [2.24, 2.45) is 0 Å². The molecule has 0 aliphatic rings. The van der Waals surface area contributed by atoms with Crippen LogP contribution >= 0.6 is 8.81 Å². The van der Waals surface area contributed by atoms with Crippen LogP contribution in [0, 0.1) is 0 Å². The van der Waals surface area contributed by atoms with Gasteiger partial charge < -0.3 is 16.4 Å². The van der Waals surface area contributed by atoms with Crippen molar-refractivity contribution in [2.75, 3.05) is 11.5 Å². The lowest BCUT2D eigenvalue weighted by Crippen LogP contribution is -2.01. The predicted octanol–water partition coefficient (Wildman–Crippen LogP) is 1.63. The van der Waals surface area contributed by atoms with Crippen molar-refractivity contribution in [1.82, 2.24) is 0 Å². The summed E-state index contributed by atoms with van der Waals surface area (Å²) in [6, 6.07) is 15.0. The maximum absolute atomic E-state index is 11.5. The Kier molecular flexibility index (Phi) is 3.62. The zero-order valence-electron chi connectivity index (χ0n) is 9.34. The molecule has 17 heavy (non-hydrogen) atoms. The third-order valence-corrected chi connectivity index (χ3v) is 3.72. The highest BCUT2D eigenvalue weighted by Gasteiger charge is 2.15. The van der Waals surface area contributed by atoms with Crippen LogP contribution in [0.1, 0.15) is 16.8 Å². The minimum absolute atomic E-state index is 0.109. The second-order valence-electron chi connectivity index (χ2n) is 3.95. The minimum atomic E-state index is -0.963. The standard InChI is InChI=1S/C13H15N2OP/c14-11-5-1-3-9(7-11)13(17-16)10-4-2-6-12(15)8-10/h1-8,13H,14-15,17H2. The summed E-state index contributed by atoms with van der Waals surface area (Å²) in [7, 11) is -0.963. The molecule has 2 rings (SSSR count). The molecule has 2 aromatic carbocycles. The van der Waals surface area contributed by atoms with Gasteiger partial charge in [0.15, 0.2) is 0 Å². The van der Waals surface area contributed by atoms with Crippen molar-refractivity contribution >= 4 is 20.2 Å². The summed E-state index contributed by atoms with van der Waals surface area (Å²) in [6.45, 7) is 0. The topological polar surface area (TPSA) is 75.1 Å². The average molecular weight is 246 g/mol. The van der Waals surface area contributed by atoms with Crippen LogP contribution in [-0.4, -0.2) is 0 Å². The number of rotatable bonds is 3. The molecule has 0 aromatic heterocycles. The zero-order valence-corrected chi connectivity index (χ0v) is 10.5. The van der Waals surface area contributed by atoms with Gasteiger partial charge in [0.1, 0.15) is 5.66 Å². The number of benzene rings is 2. The van der Waals surface area contributed by atoms with Crippen molar-refractivity contribution in [2.45, 2.75) is 5.66 Å². The van der Waals surface area contributed by atoms with E-state index in [0.717, 1.165) is 11.1 Å². The molecule has 0 fully saturated rings. The highest BCUT2D eigenvalue weighted by Crippen LogP contribution is 2.36. The van der Waals surface area contributed by atoms with Crippen molar-refractivity contribution in [1.29, 1.82) is 0 Å². The Morgan fingerprint density at radius 3 is 1.71 bits per heavy atom. The van der Waals surface area contributed by atoms with E-state index in [1.807, 2.05) is 48.5 Å². The van der Waals surface area contributed by atoms with Gasteiger partial charge in [0.05, 0.1) is 0 Å². The van der Waals surface area contributed by atoms with Crippen LogP contribution in [0.25, 0.3) is 0 Å². The van der Waals surface area contributed by atoms with Crippen molar-refractivity contribution in [3.63, 3.8) is 0 Å². The predicted molar refractivity (Wildman–Crippen MR) is 73.3 cm³/mol. The van der Waals surface area contributed by atoms with Gasteiger partial charge in [-0.3, -0.25) is 0 Å². The summed E-state index contributed by atoms with van der Waals surface area (Å²) in [4.78, 5) is 11.5. The van der Waals surface area contributed by atoms with E-state index in [-0.39, 0.29) is 5.66 Å². The molecule has 0 amide bonds. The Bertz CT molecular complexity index is 471. The van der Waals surface area contributed by atoms with Crippen LogP contribution in [0.2, 0.25) is 0 Å². The second-order valence-corrected chi connectivity index (χ2v) is 4.89. The SMILES string of the molecule is Nc1cccc(C([PH2+][O-])c2cccc(N)c2)c1. The number of anilines is 2. The zero-order chi connectivity index (χ0) is 12.3. The molecule has 0 saturated carbocycles. The van der Waals surface area contributed by atoms with Gasteiger partial charge in [0, 0.05) is 11.4 Å². The summed E-state index contributed by atoms with van der Waals surface area (Å²) in [5, 5.41) is 0. The molecule has 1 unspecified atom stereocenters. The molecule has 2 aromatic rings. The van der Waals surface area contributed by atoms with E-state index in [2.05, 4.69) is 0 Å². The molecule has 0 spiro atoms. The second kappa shape index (κ2) is 5.17. The van der Waals surface area contributed by atoms with Crippen LogP contribution in [0.4, 0.5) is 11.4 Å². The van der Waals surface area contributed by atoms with E-state index in [0.29, 0.717) is 11.4 Å². The van der Waals surface area contributed by atoms with Crippen LogP contribution in [-0.2, 0) is 0 Å². The molecule has 0 heterocycles. The lowest BCUT2D eigenvalue weighted by atomic mass is 10.0. The highest BCUT2D eigenvalue weighted by molar-refractivity contribution is 7.30. The van der Waals surface area contributed by atoms with Gasteiger partial charge in [-0.15, -0.1) is 0 Å². The molecule has 0 bridgehead atoms. The Morgan fingerprint density at radius 1 is 0.882 bits per heavy atom. The van der Waals surface area contributed by atoms with Gasteiger partial charge >= 0.3 is 0 Å². The maximum Gasteiger partial charge on any atom is 0.109 e. The molecule has 4 N–H and O–H groups in total. The molecule has 0 radical (unpaired) electrons. The van der Waals surface area contributed by atoms with Crippen molar-refractivity contribution in [3.05, 3.63) is 59.7 Å². The van der Waals surface area contributed by atoms with Gasteiger partial charge in [-0.05, 0) is 35.4 Å². The number of hydrogen-bond acceptors (Lipinski definition) is 3. The van der Waals surface area contributed by atoms with Crippen LogP contribution in [0.15, 0.2) is 48.5 Å². The van der Waals surface area contributed by atoms with Crippen LogP contribution in [0.5, 0.6) is 0 Å². The van der Waals surface area contributed by atoms with Gasteiger partial charge in [0.2, 0.25) is 0 Å². The van der Waals surface area contributed by atoms with Crippen LogP contribution < -0.4 is 16.4 Å². The summed E-state index contributed by atoms with van der Waals surface area (Å²) in [6.07, 6.45) is 0. The largest absolute Gasteiger partial charge is 0.682 e. The lowest BCUT2D eigenvalue weighted by molar-refractivity contribution is -0.151. The molecular formula is C13H15N2OP. The Hall–Kier alpha value is -1.57. The van der Waals surface area contributed by atoms with Gasteiger partial charge in [-0.25, -0.2) is 0 Å². The van der Waals surface area contributed by atoms with E-state index in [1.165, 1.54) is 0 Å². The number of hydrogen-bond donors (Lipinski definition) is 2. The maximum atomic E-state index is 11.5. The number of nitrogens with two attached hydrogens (primary N) is 2. The fourth-order valence-corrected chi connectivity index (χ4v) is 2.58. The van der Waals surface area contributed by atoms with E-state index < -0.39 is 8.81 Å². The van der Waals surface area contributed by atoms with E-state index >= 15 is 0 Å². The summed E-state index contributed by atoms with van der Waals surface area (Å²) >= 11 is 0. The first-order valence-corrected chi connectivity index (χ1v) is 6.50. The number of nitrogen functional groups attached to an aromatic ring is 2. The average Bonchev–Trinajstić information content (AvgIpc) is 2.30. The molecule has 0 saturated heterocycles. The van der Waals surface area contributed by atoms with Crippen LogP contribution in [0.3, 0.4) is 0 Å². The monoisotopic (exact) mass is 246 g/mol. The third-order valence-electron chi connectivity index (χ3n) is 2.68. The van der Waals surface area contributed by atoms with Gasteiger partial charge in [-0.2, -0.15) is 0 Å². The Balaban J connectivity index is 2.40. The van der Waals surface area contributed by atoms with Crippen molar-refractivity contribution in [3.8, 4) is 0 Å². The smallest absolute Gasteiger partial charge is 0.109 e. The third kappa shape index (κ3) is 2.76. The van der Waals surface area contributed by atoms with E-state index in [9.17, 15) is 4.89 Å². The lowest BCUT2D eigenvalue weighted by Gasteiger charge is -2.15. The van der Waals surface area contributed by atoms with Crippen molar-refractivity contribution < 1.29 is 4.89 Å². The molecular weight excluding hydrogens is 231 g/mol. The van der Waals surface area contributed by atoms with Gasteiger partial charge in [-0.1, -0.05) is 33.1 Å². The van der Waals surface area contributed by atoms with E-state index in [4.69, 9.17) is 11.5 Å². The fraction of sp³-hybridized carbons (Fsp3) is 0.0769. The normalized spacial score (nSPS) is 11.4. The summed E-state index contributed by atoms with van der Waals surface area (Å²) < 4.78 is 0. The first-order valence-electron chi connectivity index (χ1n) is 5.37.